The lowest BCUT2D eigenvalue weighted by molar-refractivity contribution is 0.0650. The molecule has 0 aliphatic rings. The second kappa shape index (κ2) is 10.0. The van der Waals surface area contributed by atoms with Gasteiger partial charge < -0.3 is 14.9 Å². The molecule has 0 rings (SSSR count). The number of hydrogen-bond donors (Lipinski definition) is 2. The van der Waals surface area contributed by atoms with Gasteiger partial charge in [0.25, 0.3) is 0 Å². The molecule has 0 aromatic carbocycles. The lowest BCUT2D eigenvalue weighted by Gasteiger charge is -1.94. The molecule has 0 radical (unpaired) electrons. The first-order chi connectivity index (χ1) is 3.41. The number of aliphatic hydroxyl groups excluding tert-OH is 2. The zero-order valence-electron chi connectivity index (χ0n) is 4.13. The molecule has 0 spiro atoms. The first-order valence-electron chi connectivity index (χ1n) is 2.21. The Bertz CT molecular complexity index is 30.5. The molecular formula is C4H13BO3. The topological polar surface area (TPSA) is 49.7 Å². The maximum atomic E-state index is 8.09. The Morgan fingerprint density at radius 1 is 1.00 bits per heavy atom. The van der Waals surface area contributed by atoms with Crippen LogP contribution in [0.1, 0.15) is 0 Å². The highest BCUT2D eigenvalue weighted by Crippen LogP contribution is 1.68. The van der Waals surface area contributed by atoms with Crippen LogP contribution in [0.3, 0.4) is 0 Å². The van der Waals surface area contributed by atoms with Crippen LogP contribution in [-0.2, 0) is 4.74 Å². The normalized spacial score (nSPS) is 8.25. The average Bonchev–Trinajstić information content (AvgIpc) is 1.69. The van der Waals surface area contributed by atoms with Crippen LogP contribution in [-0.4, -0.2) is 45.1 Å². The van der Waals surface area contributed by atoms with Crippen molar-refractivity contribution in [1.82, 2.24) is 0 Å². The Morgan fingerprint density at radius 2 is 1.38 bits per heavy atom. The summed E-state index contributed by atoms with van der Waals surface area (Å²) in [5.74, 6) is 0. The van der Waals surface area contributed by atoms with E-state index in [1.807, 2.05) is 0 Å². The highest BCUT2D eigenvalue weighted by molar-refractivity contribution is 5.75. The fraction of sp³-hybridized carbons (Fsp3) is 1.00. The molecule has 50 valence electrons. The molecule has 0 fully saturated rings. The quantitative estimate of drug-likeness (QED) is 0.327. The van der Waals surface area contributed by atoms with Crippen molar-refractivity contribution in [2.75, 3.05) is 26.4 Å². The van der Waals surface area contributed by atoms with Crippen molar-refractivity contribution in [2.24, 2.45) is 0 Å². The van der Waals surface area contributed by atoms with Gasteiger partial charge in [-0.2, -0.15) is 0 Å². The van der Waals surface area contributed by atoms with Crippen molar-refractivity contribution >= 4 is 8.41 Å². The van der Waals surface area contributed by atoms with E-state index in [9.17, 15) is 0 Å². The zero-order valence-corrected chi connectivity index (χ0v) is 4.13. The van der Waals surface area contributed by atoms with E-state index in [1.165, 1.54) is 0 Å². The summed E-state index contributed by atoms with van der Waals surface area (Å²) in [5.41, 5.74) is 0. The van der Waals surface area contributed by atoms with Gasteiger partial charge in [0.2, 0.25) is 0 Å². The first-order valence-corrected chi connectivity index (χ1v) is 2.21. The maximum Gasteiger partial charge on any atom is 0.0814 e. The van der Waals surface area contributed by atoms with E-state index < -0.39 is 0 Å². The molecule has 0 unspecified atom stereocenters. The van der Waals surface area contributed by atoms with Crippen LogP contribution >= 0.6 is 0 Å². The van der Waals surface area contributed by atoms with Gasteiger partial charge in [0.1, 0.15) is 0 Å². The first kappa shape index (κ1) is 10.8. The minimum absolute atomic E-state index is 0. The Morgan fingerprint density at radius 3 is 1.62 bits per heavy atom. The lowest BCUT2D eigenvalue weighted by Crippen LogP contribution is -2.03. The van der Waals surface area contributed by atoms with Crippen LogP contribution in [0.5, 0.6) is 0 Å². The van der Waals surface area contributed by atoms with Crippen LogP contribution in [0.25, 0.3) is 0 Å². The summed E-state index contributed by atoms with van der Waals surface area (Å²) in [5, 5.41) is 16.2. The second-order valence-corrected chi connectivity index (χ2v) is 1.06. The summed E-state index contributed by atoms with van der Waals surface area (Å²) in [6, 6.07) is 0. The summed E-state index contributed by atoms with van der Waals surface area (Å²) < 4.78 is 4.63. The summed E-state index contributed by atoms with van der Waals surface area (Å²) in [7, 11) is 0. The Balaban J connectivity index is 0. The third kappa shape index (κ3) is 9.34. The summed E-state index contributed by atoms with van der Waals surface area (Å²) in [6.45, 7) is 0.696. The van der Waals surface area contributed by atoms with Gasteiger partial charge in [0.05, 0.1) is 34.8 Å². The largest absolute Gasteiger partial charge is 0.394 e. The minimum atomic E-state index is 0. The average molecular weight is 120 g/mol. The molecule has 2 N–H and O–H groups in total. The third-order valence-electron chi connectivity index (χ3n) is 0.471. The standard InChI is InChI=1S/C4H10O3.BH3/c5-1-3-7-4-2-6;/h5-6H,1-4H2;1H3. The fourth-order valence-corrected chi connectivity index (χ4v) is 0.231. The molecule has 3 nitrogen and oxygen atoms in total. The molecular weight excluding hydrogens is 107 g/mol. The van der Waals surface area contributed by atoms with E-state index >= 15 is 0 Å². The molecule has 0 aromatic rings. The molecule has 0 amide bonds. The predicted molar refractivity (Wildman–Crippen MR) is 34.9 cm³/mol. The summed E-state index contributed by atoms with van der Waals surface area (Å²) >= 11 is 0. The van der Waals surface area contributed by atoms with Crippen molar-refractivity contribution in [3.8, 4) is 0 Å². The van der Waals surface area contributed by atoms with Crippen molar-refractivity contribution in [3.05, 3.63) is 0 Å². The summed E-state index contributed by atoms with van der Waals surface area (Å²) in [4.78, 5) is 0. The molecule has 0 aromatic heterocycles. The highest BCUT2D eigenvalue weighted by Gasteiger charge is 1.79. The van der Waals surface area contributed by atoms with Crippen LogP contribution in [0, 0.1) is 0 Å². The van der Waals surface area contributed by atoms with Gasteiger partial charge in [-0.3, -0.25) is 0 Å². The van der Waals surface area contributed by atoms with Gasteiger partial charge in [0.15, 0.2) is 0 Å². The zero-order chi connectivity index (χ0) is 5.54. The van der Waals surface area contributed by atoms with Gasteiger partial charge in [-0.25, -0.2) is 0 Å². The van der Waals surface area contributed by atoms with Gasteiger partial charge >= 0.3 is 0 Å². The van der Waals surface area contributed by atoms with Gasteiger partial charge in [0, 0.05) is 0 Å². The molecule has 0 atom stereocenters. The smallest absolute Gasteiger partial charge is 0.0814 e. The molecule has 0 bridgehead atoms. The molecule has 0 aliphatic heterocycles. The number of rotatable bonds is 4. The van der Waals surface area contributed by atoms with Crippen molar-refractivity contribution in [1.29, 1.82) is 0 Å². The fourth-order valence-electron chi connectivity index (χ4n) is 0.231. The van der Waals surface area contributed by atoms with E-state index in [0.29, 0.717) is 13.2 Å². The van der Waals surface area contributed by atoms with Crippen molar-refractivity contribution in [3.63, 3.8) is 0 Å². The van der Waals surface area contributed by atoms with Crippen LogP contribution in [0.2, 0.25) is 0 Å². The van der Waals surface area contributed by atoms with Crippen LogP contribution < -0.4 is 0 Å². The Kier molecular flexibility index (Phi) is 13.6. The van der Waals surface area contributed by atoms with Gasteiger partial charge in [-0.1, -0.05) is 0 Å². The van der Waals surface area contributed by atoms with E-state index in [-0.39, 0.29) is 21.6 Å². The molecule has 4 heteroatoms. The van der Waals surface area contributed by atoms with E-state index in [0.717, 1.165) is 0 Å². The third-order valence-corrected chi connectivity index (χ3v) is 0.471. The molecule has 0 saturated carbocycles. The number of ether oxygens (including phenoxy) is 1. The SMILES string of the molecule is B.OCCOCCO. The van der Waals surface area contributed by atoms with E-state index in [1.54, 1.807) is 0 Å². The Hall–Kier alpha value is -0.0551. The summed E-state index contributed by atoms with van der Waals surface area (Å²) in [6.07, 6.45) is 0. The maximum absolute atomic E-state index is 8.09. The monoisotopic (exact) mass is 120 g/mol. The van der Waals surface area contributed by atoms with Crippen molar-refractivity contribution in [2.45, 2.75) is 0 Å². The van der Waals surface area contributed by atoms with E-state index in [4.69, 9.17) is 10.2 Å². The lowest BCUT2D eigenvalue weighted by atomic mass is 10.7. The molecule has 0 heterocycles. The Labute approximate surface area is 50.9 Å². The predicted octanol–water partition coefficient (Wildman–Crippen LogP) is -2.20. The molecule has 8 heavy (non-hydrogen) atoms. The highest BCUT2D eigenvalue weighted by atomic mass is 16.5. The molecule has 0 aliphatic carbocycles. The molecule has 0 saturated heterocycles. The number of aliphatic hydroxyl groups is 2. The van der Waals surface area contributed by atoms with E-state index in [2.05, 4.69) is 4.74 Å². The second-order valence-electron chi connectivity index (χ2n) is 1.06. The minimum Gasteiger partial charge on any atom is -0.394 e. The van der Waals surface area contributed by atoms with Crippen LogP contribution in [0.4, 0.5) is 0 Å². The van der Waals surface area contributed by atoms with Crippen molar-refractivity contribution < 1.29 is 14.9 Å². The van der Waals surface area contributed by atoms with Crippen LogP contribution in [0.15, 0.2) is 0 Å². The van der Waals surface area contributed by atoms with Gasteiger partial charge in [-0.05, 0) is 0 Å². The number of hydrogen-bond acceptors (Lipinski definition) is 3. The van der Waals surface area contributed by atoms with Gasteiger partial charge in [-0.15, -0.1) is 0 Å².